The number of rotatable bonds is 5. The Morgan fingerprint density at radius 2 is 1.85 bits per heavy atom. The van der Waals surface area contributed by atoms with Crippen molar-refractivity contribution in [1.82, 2.24) is 4.90 Å². The van der Waals surface area contributed by atoms with Crippen LogP contribution in [0.1, 0.15) is 38.7 Å². The van der Waals surface area contributed by atoms with Crippen molar-refractivity contribution in [2.24, 2.45) is 0 Å². The number of carbonyl (C=O) groups excluding carboxylic acids is 1. The van der Waals surface area contributed by atoms with Crippen LogP contribution in [-0.2, 0) is 15.0 Å². The lowest BCUT2D eigenvalue weighted by molar-refractivity contribution is -0.150. The molecule has 108 valence electrons. The molecule has 1 N–H and O–H groups in total. The standard InChI is InChI=1S/C16H21NO3/c1-12(2)17(11-14(18)19)15(20)16(9-6-10-16)13-7-4-3-5-8-13/h3-5,7-8,12H,6,9-11H2,1-2H3,(H,18,19). The van der Waals surface area contributed by atoms with E-state index in [0.717, 1.165) is 24.8 Å². The summed E-state index contributed by atoms with van der Waals surface area (Å²) < 4.78 is 0. The molecule has 1 aliphatic rings. The van der Waals surface area contributed by atoms with Gasteiger partial charge in [-0.15, -0.1) is 0 Å². The Balaban J connectivity index is 2.31. The smallest absolute Gasteiger partial charge is 0.323 e. The van der Waals surface area contributed by atoms with Crippen molar-refractivity contribution in [3.05, 3.63) is 35.9 Å². The van der Waals surface area contributed by atoms with E-state index in [1.54, 1.807) is 0 Å². The summed E-state index contributed by atoms with van der Waals surface area (Å²) in [6, 6.07) is 9.61. The first-order chi connectivity index (χ1) is 9.47. The Morgan fingerprint density at radius 1 is 1.25 bits per heavy atom. The average molecular weight is 275 g/mol. The Kier molecular flexibility index (Phi) is 4.12. The van der Waals surface area contributed by atoms with Gasteiger partial charge in [0.15, 0.2) is 0 Å². The van der Waals surface area contributed by atoms with Gasteiger partial charge in [0.25, 0.3) is 0 Å². The minimum Gasteiger partial charge on any atom is -0.480 e. The maximum absolute atomic E-state index is 12.9. The van der Waals surface area contributed by atoms with Crippen LogP contribution in [0.2, 0.25) is 0 Å². The number of benzene rings is 1. The molecule has 1 amide bonds. The van der Waals surface area contributed by atoms with Crippen molar-refractivity contribution >= 4 is 11.9 Å². The quantitative estimate of drug-likeness (QED) is 0.898. The molecule has 0 unspecified atom stereocenters. The first-order valence-corrected chi connectivity index (χ1v) is 7.06. The van der Waals surface area contributed by atoms with Crippen molar-refractivity contribution in [2.45, 2.75) is 44.6 Å². The summed E-state index contributed by atoms with van der Waals surface area (Å²) in [7, 11) is 0. The minimum atomic E-state index is -0.963. The fourth-order valence-corrected chi connectivity index (χ4v) is 2.82. The highest BCUT2D eigenvalue weighted by atomic mass is 16.4. The van der Waals surface area contributed by atoms with Gasteiger partial charge in [-0.05, 0) is 32.3 Å². The van der Waals surface area contributed by atoms with Crippen molar-refractivity contribution in [1.29, 1.82) is 0 Å². The maximum atomic E-state index is 12.9. The van der Waals surface area contributed by atoms with Crippen LogP contribution < -0.4 is 0 Å². The van der Waals surface area contributed by atoms with Gasteiger partial charge in [-0.2, -0.15) is 0 Å². The average Bonchev–Trinajstić information content (AvgIpc) is 2.35. The van der Waals surface area contributed by atoms with Crippen molar-refractivity contribution < 1.29 is 14.7 Å². The maximum Gasteiger partial charge on any atom is 0.323 e. The predicted octanol–water partition coefficient (Wildman–Crippen LogP) is 2.43. The molecule has 0 bridgehead atoms. The molecule has 1 aliphatic carbocycles. The van der Waals surface area contributed by atoms with Crippen LogP contribution in [0.4, 0.5) is 0 Å². The summed E-state index contributed by atoms with van der Waals surface area (Å²) in [6.07, 6.45) is 2.62. The van der Waals surface area contributed by atoms with E-state index in [1.807, 2.05) is 44.2 Å². The van der Waals surface area contributed by atoms with Crippen LogP contribution >= 0.6 is 0 Å². The highest BCUT2D eigenvalue weighted by molar-refractivity contribution is 5.91. The van der Waals surface area contributed by atoms with E-state index >= 15 is 0 Å². The molecular weight excluding hydrogens is 254 g/mol. The van der Waals surface area contributed by atoms with E-state index < -0.39 is 11.4 Å². The van der Waals surface area contributed by atoms with Crippen molar-refractivity contribution in [2.75, 3.05) is 6.54 Å². The zero-order valence-corrected chi connectivity index (χ0v) is 12.0. The first kappa shape index (κ1) is 14.6. The van der Waals surface area contributed by atoms with Gasteiger partial charge in [0, 0.05) is 6.04 Å². The van der Waals surface area contributed by atoms with Gasteiger partial charge in [0.1, 0.15) is 6.54 Å². The third-order valence-corrected chi connectivity index (χ3v) is 4.13. The molecule has 0 spiro atoms. The van der Waals surface area contributed by atoms with Crippen LogP contribution in [0, 0.1) is 0 Å². The topological polar surface area (TPSA) is 57.6 Å². The van der Waals surface area contributed by atoms with Crippen molar-refractivity contribution in [3.8, 4) is 0 Å². The third kappa shape index (κ3) is 2.55. The number of amides is 1. The summed E-state index contributed by atoms with van der Waals surface area (Å²) in [5, 5.41) is 9.01. The summed E-state index contributed by atoms with van der Waals surface area (Å²) >= 11 is 0. The van der Waals surface area contributed by atoms with E-state index in [-0.39, 0.29) is 18.5 Å². The van der Waals surface area contributed by atoms with Crippen LogP contribution in [0.25, 0.3) is 0 Å². The van der Waals surface area contributed by atoms with Crippen LogP contribution in [0.3, 0.4) is 0 Å². The monoisotopic (exact) mass is 275 g/mol. The zero-order valence-electron chi connectivity index (χ0n) is 12.0. The number of carboxylic acids is 1. The third-order valence-electron chi connectivity index (χ3n) is 4.13. The zero-order chi connectivity index (χ0) is 14.8. The molecule has 2 rings (SSSR count). The molecule has 4 heteroatoms. The molecule has 1 saturated carbocycles. The van der Waals surface area contributed by atoms with Crippen LogP contribution in [0.5, 0.6) is 0 Å². The Bertz CT molecular complexity index is 492. The SMILES string of the molecule is CC(C)N(CC(=O)O)C(=O)C1(c2ccccc2)CCC1. The van der Waals surface area contributed by atoms with Crippen molar-refractivity contribution in [3.63, 3.8) is 0 Å². The Morgan fingerprint density at radius 3 is 2.25 bits per heavy atom. The van der Waals surface area contributed by atoms with Gasteiger partial charge < -0.3 is 10.0 Å². The van der Waals surface area contributed by atoms with Gasteiger partial charge in [0.2, 0.25) is 5.91 Å². The number of carboxylic acid groups (broad SMARTS) is 1. The Labute approximate surface area is 119 Å². The molecule has 20 heavy (non-hydrogen) atoms. The highest BCUT2D eigenvalue weighted by Crippen LogP contribution is 2.45. The number of hydrogen-bond donors (Lipinski definition) is 1. The molecule has 0 aliphatic heterocycles. The van der Waals surface area contributed by atoms with Crippen LogP contribution in [-0.4, -0.2) is 34.5 Å². The van der Waals surface area contributed by atoms with Crippen LogP contribution in [0.15, 0.2) is 30.3 Å². The molecule has 1 aromatic rings. The summed E-state index contributed by atoms with van der Waals surface area (Å²) in [4.78, 5) is 25.4. The van der Waals surface area contributed by atoms with Gasteiger partial charge in [-0.25, -0.2) is 0 Å². The fraction of sp³-hybridized carbons (Fsp3) is 0.500. The number of nitrogens with zero attached hydrogens (tertiary/aromatic N) is 1. The molecule has 0 aromatic heterocycles. The second kappa shape index (κ2) is 5.65. The van der Waals surface area contributed by atoms with E-state index in [1.165, 1.54) is 4.90 Å². The molecular formula is C16H21NO3. The van der Waals surface area contributed by atoms with Gasteiger partial charge in [-0.1, -0.05) is 36.8 Å². The number of hydrogen-bond acceptors (Lipinski definition) is 2. The minimum absolute atomic E-state index is 0.0487. The lowest BCUT2D eigenvalue weighted by Crippen LogP contribution is -2.54. The second-order valence-electron chi connectivity index (χ2n) is 5.72. The molecule has 4 nitrogen and oxygen atoms in total. The molecule has 0 saturated heterocycles. The van der Waals surface area contributed by atoms with Gasteiger partial charge in [-0.3, -0.25) is 9.59 Å². The summed E-state index contributed by atoms with van der Waals surface area (Å²) in [5.74, 6) is -1.01. The van der Waals surface area contributed by atoms with E-state index in [0.29, 0.717) is 0 Å². The van der Waals surface area contributed by atoms with E-state index in [9.17, 15) is 9.59 Å². The summed E-state index contributed by atoms with van der Waals surface area (Å²) in [5.41, 5.74) is 0.494. The second-order valence-corrected chi connectivity index (χ2v) is 5.72. The Hall–Kier alpha value is -1.84. The number of carbonyl (C=O) groups is 2. The summed E-state index contributed by atoms with van der Waals surface area (Å²) in [6.45, 7) is 3.49. The normalized spacial score (nSPS) is 16.6. The molecule has 0 atom stereocenters. The van der Waals surface area contributed by atoms with Gasteiger partial charge in [0.05, 0.1) is 5.41 Å². The fourth-order valence-electron chi connectivity index (χ4n) is 2.82. The van der Waals surface area contributed by atoms with Gasteiger partial charge >= 0.3 is 5.97 Å². The van der Waals surface area contributed by atoms with E-state index in [2.05, 4.69) is 0 Å². The lowest BCUT2D eigenvalue weighted by atomic mass is 9.63. The number of aliphatic carboxylic acids is 1. The predicted molar refractivity (Wildman–Crippen MR) is 76.5 cm³/mol. The largest absolute Gasteiger partial charge is 0.480 e. The molecule has 1 aromatic carbocycles. The molecule has 0 radical (unpaired) electrons. The first-order valence-electron chi connectivity index (χ1n) is 7.06. The highest BCUT2D eigenvalue weighted by Gasteiger charge is 2.48. The molecule has 1 fully saturated rings. The van der Waals surface area contributed by atoms with E-state index in [4.69, 9.17) is 5.11 Å². The molecule has 0 heterocycles. The lowest BCUT2D eigenvalue weighted by Gasteiger charge is -2.44.